The van der Waals surface area contributed by atoms with E-state index in [0.29, 0.717) is 12.8 Å². The first kappa shape index (κ1) is 22.5. The number of fused-ring (bicyclic) bond motifs is 2. The van der Waals surface area contributed by atoms with E-state index in [2.05, 4.69) is 0 Å². The van der Waals surface area contributed by atoms with Crippen LogP contribution >= 0.6 is 0 Å². The molecule has 1 aromatic carbocycles. The average molecular weight is 452 g/mol. The van der Waals surface area contributed by atoms with Gasteiger partial charge in [-0.1, -0.05) is 0 Å². The second-order valence-corrected chi connectivity index (χ2v) is 8.90. The number of carbonyl (C=O) groups is 2. The summed E-state index contributed by atoms with van der Waals surface area (Å²) in [6.07, 6.45) is -3.30. The Hall–Kier alpha value is -2.67. The van der Waals surface area contributed by atoms with E-state index < -0.39 is 35.9 Å². The molecule has 0 aliphatic carbocycles. The van der Waals surface area contributed by atoms with E-state index in [1.54, 1.807) is 4.90 Å². The topological polar surface area (TPSA) is 90.4 Å². The summed E-state index contributed by atoms with van der Waals surface area (Å²) in [7, 11) is 0. The van der Waals surface area contributed by atoms with Crippen LogP contribution in [0.1, 0.15) is 48.0 Å². The number of halogens is 4. The molecule has 0 unspecified atom stereocenters. The van der Waals surface area contributed by atoms with Crippen LogP contribution in [0.2, 0.25) is 0 Å². The minimum Gasteiger partial charge on any atom is -0.333 e. The number of hydrogen-bond acceptors (Lipinski definition) is 4. The smallest absolute Gasteiger partial charge is 0.333 e. The molecule has 4 rings (SSSR count). The molecule has 3 aliphatic rings. The molecule has 3 heterocycles. The predicted octanol–water partition coefficient (Wildman–Crippen LogP) is 2.88. The molecule has 172 valence electrons. The summed E-state index contributed by atoms with van der Waals surface area (Å²) in [6.45, 7) is -0.136. The fourth-order valence-corrected chi connectivity index (χ4v) is 5.34. The van der Waals surface area contributed by atoms with Crippen LogP contribution in [0, 0.1) is 17.2 Å². The molecule has 3 fully saturated rings. The molecule has 2 N–H and O–H groups in total. The van der Waals surface area contributed by atoms with Crippen LogP contribution in [0.15, 0.2) is 24.3 Å². The number of likely N-dealkylation sites (tertiary alicyclic amines) is 1. The molecule has 32 heavy (non-hydrogen) atoms. The number of nitrogens with two attached hydrogens (primary N) is 1. The van der Waals surface area contributed by atoms with Crippen LogP contribution in [-0.2, 0) is 11.0 Å². The third-order valence-electron chi connectivity index (χ3n) is 6.94. The molecule has 10 heteroatoms. The highest BCUT2D eigenvalue weighted by Crippen LogP contribution is 2.41. The minimum absolute atomic E-state index is 0.0136. The van der Waals surface area contributed by atoms with E-state index >= 15 is 0 Å². The Morgan fingerprint density at radius 1 is 1.09 bits per heavy atom. The van der Waals surface area contributed by atoms with E-state index in [4.69, 9.17) is 5.73 Å². The zero-order valence-corrected chi connectivity index (χ0v) is 17.3. The van der Waals surface area contributed by atoms with Gasteiger partial charge in [-0.3, -0.25) is 9.59 Å². The van der Waals surface area contributed by atoms with Gasteiger partial charge in [-0.15, -0.1) is 0 Å². The van der Waals surface area contributed by atoms with Gasteiger partial charge in [0.25, 0.3) is 5.91 Å². The van der Waals surface area contributed by atoms with E-state index in [0.717, 1.165) is 25.0 Å². The summed E-state index contributed by atoms with van der Waals surface area (Å²) >= 11 is 0. The number of alkyl halides is 4. The van der Waals surface area contributed by atoms with Crippen molar-refractivity contribution in [2.45, 2.75) is 68.6 Å². The van der Waals surface area contributed by atoms with Crippen molar-refractivity contribution in [2.24, 2.45) is 11.7 Å². The molecule has 0 spiro atoms. The summed E-state index contributed by atoms with van der Waals surface area (Å²) in [6, 6.07) is 4.10. The van der Waals surface area contributed by atoms with Crippen LogP contribution in [0.4, 0.5) is 17.6 Å². The number of carbonyl (C=O) groups excluding carboxylic acids is 2. The molecule has 1 aromatic rings. The van der Waals surface area contributed by atoms with Gasteiger partial charge < -0.3 is 15.5 Å². The molecule has 0 saturated carbocycles. The van der Waals surface area contributed by atoms with E-state index in [1.807, 2.05) is 6.07 Å². The molecule has 6 nitrogen and oxygen atoms in total. The molecule has 0 radical (unpaired) electrons. The van der Waals surface area contributed by atoms with Crippen molar-refractivity contribution in [2.75, 3.05) is 6.54 Å². The van der Waals surface area contributed by atoms with Gasteiger partial charge in [-0.2, -0.15) is 18.4 Å². The van der Waals surface area contributed by atoms with Gasteiger partial charge in [0, 0.05) is 24.1 Å². The van der Waals surface area contributed by atoms with E-state index in [1.165, 1.54) is 17.0 Å². The van der Waals surface area contributed by atoms with Gasteiger partial charge in [0.1, 0.15) is 12.2 Å². The van der Waals surface area contributed by atoms with Gasteiger partial charge in [-0.25, -0.2) is 4.39 Å². The summed E-state index contributed by atoms with van der Waals surface area (Å²) < 4.78 is 52.1. The predicted molar refractivity (Wildman–Crippen MR) is 106 cm³/mol. The fraction of sp³-hybridized carbons (Fsp3) is 0.591. The quantitative estimate of drug-likeness (QED) is 0.714. The Kier molecular flexibility index (Phi) is 5.88. The van der Waals surface area contributed by atoms with Crippen molar-refractivity contribution in [3.8, 4) is 6.07 Å². The summed E-state index contributed by atoms with van der Waals surface area (Å²) in [5, 5.41) is 9.20. The van der Waals surface area contributed by atoms with Crippen molar-refractivity contribution in [3.05, 3.63) is 35.4 Å². The average Bonchev–Trinajstić information content (AvgIpc) is 3.27. The maximum absolute atomic E-state index is 13.7. The second-order valence-electron chi connectivity index (χ2n) is 8.90. The lowest BCUT2D eigenvalue weighted by Crippen LogP contribution is -2.55. The Labute approximate surface area is 182 Å². The zero-order chi connectivity index (χ0) is 23.2. The molecule has 3 saturated heterocycles. The Bertz CT molecular complexity index is 915. The highest BCUT2D eigenvalue weighted by atomic mass is 19.4. The maximum atomic E-state index is 13.7. The van der Waals surface area contributed by atoms with Crippen molar-refractivity contribution in [3.63, 3.8) is 0 Å². The lowest BCUT2D eigenvalue weighted by Gasteiger charge is -2.41. The molecule has 0 aromatic heterocycles. The highest BCUT2D eigenvalue weighted by Gasteiger charge is 2.47. The molecular weight excluding hydrogens is 428 g/mol. The maximum Gasteiger partial charge on any atom is 0.416 e. The lowest BCUT2D eigenvalue weighted by molar-refractivity contribution is -0.137. The first-order chi connectivity index (χ1) is 15.1. The zero-order valence-electron chi connectivity index (χ0n) is 17.3. The summed E-state index contributed by atoms with van der Waals surface area (Å²) in [5.41, 5.74) is 5.62. The minimum atomic E-state index is -4.47. The van der Waals surface area contributed by atoms with Crippen LogP contribution in [-0.4, -0.2) is 58.5 Å². The first-order valence-corrected chi connectivity index (χ1v) is 10.7. The van der Waals surface area contributed by atoms with Gasteiger partial charge in [0.2, 0.25) is 5.91 Å². The molecule has 2 bridgehead atoms. The Morgan fingerprint density at radius 2 is 1.69 bits per heavy atom. The van der Waals surface area contributed by atoms with Gasteiger partial charge in [-0.05, 0) is 55.9 Å². The number of rotatable bonds is 3. The summed E-state index contributed by atoms with van der Waals surface area (Å²) in [5.74, 6) is -0.979. The number of hydrogen-bond donors (Lipinski definition) is 1. The molecule has 5 atom stereocenters. The normalized spacial score (nSPS) is 30.8. The molecule has 3 aliphatic heterocycles. The Morgan fingerprint density at radius 3 is 2.22 bits per heavy atom. The standard InChI is InChI=1S/C22H24F4N4O2/c23-15-9-18(10-27)29(11-15)21(32)19(28)13-7-16-5-6-17(8-13)30(16)20(31)12-1-3-14(4-2-12)22(24,25)26/h1-4,13,15-19H,5-9,11,28H2/t15-,16-,17-,18-,19-/m0/s1. The number of benzene rings is 1. The number of amides is 2. The second kappa shape index (κ2) is 8.35. The van der Waals surface area contributed by atoms with Crippen LogP contribution in [0.5, 0.6) is 0 Å². The molecular formula is C22H24F4N4O2. The monoisotopic (exact) mass is 452 g/mol. The van der Waals surface area contributed by atoms with Crippen LogP contribution in [0.3, 0.4) is 0 Å². The SMILES string of the molecule is N#C[C@@H]1C[C@H](F)CN1C(=O)[C@@H](N)C1C[C@@H]2CC[C@@H](C1)N2C(=O)c1ccc(C(F)(F)F)cc1. The van der Waals surface area contributed by atoms with Crippen molar-refractivity contribution in [1.82, 2.24) is 9.80 Å². The summed E-state index contributed by atoms with van der Waals surface area (Å²) in [4.78, 5) is 28.8. The number of piperidine rings is 1. The largest absolute Gasteiger partial charge is 0.416 e. The third-order valence-corrected chi connectivity index (χ3v) is 6.94. The van der Waals surface area contributed by atoms with Gasteiger partial charge >= 0.3 is 6.18 Å². The third kappa shape index (κ3) is 4.06. The Balaban J connectivity index is 1.44. The van der Waals surface area contributed by atoms with Crippen molar-refractivity contribution >= 4 is 11.8 Å². The van der Waals surface area contributed by atoms with Gasteiger partial charge in [0.15, 0.2) is 0 Å². The fourth-order valence-electron chi connectivity index (χ4n) is 5.34. The van der Waals surface area contributed by atoms with Gasteiger partial charge in [0.05, 0.1) is 24.2 Å². The molecule has 2 amide bonds. The number of nitrogens with zero attached hydrogens (tertiary/aromatic N) is 3. The van der Waals surface area contributed by atoms with Crippen LogP contribution < -0.4 is 5.73 Å². The highest BCUT2D eigenvalue weighted by molar-refractivity contribution is 5.95. The van der Waals surface area contributed by atoms with E-state index in [-0.39, 0.29) is 42.4 Å². The van der Waals surface area contributed by atoms with E-state index in [9.17, 15) is 32.4 Å². The van der Waals surface area contributed by atoms with Crippen molar-refractivity contribution < 1.29 is 27.2 Å². The number of nitriles is 1. The van der Waals surface area contributed by atoms with Crippen LogP contribution in [0.25, 0.3) is 0 Å². The first-order valence-electron chi connectivity index (χ1n) is 10.7. The van der Waals surface area contributed by atoms with Crippen molar-refractivity contribution in [1.29, 1.82) is 5.26 Å². The lowest BCUT2D eigenvalue weighted by atomic mass is 9.84.